The van der Waals surface area contributed by atoms with Crippen molar-refractivity contribution in [1.29, 1.82) is 0 Å². The number of aromatic nitrogens is 4. The van der Waals surface area contributed by atoms with Crippen molar-refractivity contribution in [3.8, 4) is 0 Å². The average molecular weight is 422 g/mol. The predicted octanol–water partition coefficient (Wildman–Crippen LogP) is 3.24. The first-order chi connectivity index (χ1) is 13.8. The molecule has 3 aromatic rings. The van der Waals surface area contributed by atoms with Crippen molar-refractivity contribution in [1.82, 2.24) is 24.6 Å². The summed E-state index contributed by atoms with van der Waals surface area (Å²) in [5.74, 6) is 0.760. The van der Waals surface area contributed by atoms with E-state index in [-0.39, 0.29) is 10.3 Å². The highest BCUT2D eigenvalue weighted by molar-refractivity contribution is 7.18. The normalized spacial score (nSPS) is 19.4. The molecule has 0 saturated carbocycles. The summed E-state index contributed by atoms with van der Waals surface area (Å²) >= 11 is 1.10. The summed E-state index contributed by atoms with van der Waals surface area (Å²) in [6, 6.07) is 1.61. The lowest BCUT2D eigenvalue weighted by Crippen LogP contribution is -2.58. The Balaban J connectivity index is 1.27. The van der Waals surface area contributed by atoms with E-state index in [1.807, 2.05) is 24.1 Å². The molecule has 5 rings (SSSR count). The molecule has 0 aliphatic carbocycles. The van der Waals surface area contributed by atoms with E-state index in [9.17, 15) is 13.2 Å². The molecule has 0 radical (unpaired) electrons. The van der Waals surface area contributed by atoms with E-state index >= 15 is 0 Å². The molecule has 0 aromatic carbocycles. The van der Waals surface area contributed by atoms with Gasteiger partial charge in [0.1, 0.15) is 17.0 Å². The van der Waals surface area contributed by atoms with Crippen LogP contribution in [0.5, 0.6) is 0 Å². The zero-order valence-electron chi connectivity index (χ0n) is 16.0. The molecule has 1 spiro atoms. The van der Waals surface area contributed by atoms with Crippen LogP contribution in [-0.4, -0.2) is 57.0 Å². The molecule has 2 fully saturated rings. The molecular weight excluding hydrogens is 401 g/mol. The first-order valence-electron chi connectivity index (χ1n) is 9.54. The second-order valence-electron chi connectivity index (χ2n) is 8.26. The minimum absolute atomic E-state index is 0.240. The van der Waals surface area contributed by atoms with E-state index < -0.39 is 12.6 Å². The quantitative estimate of drug-likeness (QED) is 0.646. The van der Waals surface area contributed by atoms with Gasteiger partial charge in [0.15, 0.2) is 0 Å². The number of nitrogens with zero attached hydrogens (tertiary/aromatic N) is 6. The number of likely N-dealkylation sites (tertiary alicyclic amines) is 1. The molecule has 0 amide bonds. The molecule has 2 saturated heterocycles. The molecule has 2 aliphatic rings. The third-order valence-electron chi connectivity index (χ3n) is 5.77. The van der Waals surface area contributed by atoms with Gasteiger partial charge in [-0.15, -0.1) is 11.3 Å². The van der Waals surface area contributed by atoms with Gasteiger partial charge in [-0.1, -0.05) is 0 Å². The van der Waals surface area contributed by atoms with Crippen LogP contribution < -0.4 is 4.90 Å². The number of alkyl halides is 3. The molecule has 5 heterocycles. The molecule has 0 N–H and O–H groups in total. The Morgan fingerprint density at radius 2 is 2.03 bits per heavy atom. The molecule has 0 bridgehead atoms. The van der Waals surface area contributed by atoms with Crippen LogP contribution in [0.25, 0.3) is 10.2 Å². The maximum Gasteiger partial charge on any atom is 0.393 e. The van der Waals surface area contributed by atoms with Gasteiger partial charge < -0.3 is 4.90 Å². The molecule has 3 aromatic heterocycles. The number of anilines is 1. The van der Waals surface area contributed by atoms with Crippen LogP contribution >= 0.6 is 11.3 Å². The number of hydrogen-bond donors (Lipinski definition) is 0. The number of thiophene rings is 1. The summed E-state index contributed by atoms with van der Waals surface area (Å²) < 4.78 is 40.1. The maximum atomic E-state index is 12.8. The van der Waals surface area contributed by atoms with E-state index in [0.29, 0.717) is 4.83 Å². The van der Waals surface area contributed by atoms with Crippen molar-refractivity contribution in [2.75, 3.05) is 31.1 Å². The van der Waals surface area contributed by atoms with Crippen molar-refractivity contribution in [3.05, 3.63) is 35.2 Å². The summed E-state index contributed by atoms with van der Waals surface area (Å²) in [5, 5.41) is 4.97. The highest BCUT2D eigenvalue weighted by Gasteiger charge is 2.48. The van der Waals surface area contributed by atoms with Crippen LogP contribution in [0.15, 0.2) is 24.8 Å². The summed E-state index contributed by atoms with van der Waals surface area (Å²) in [6.07, 6.45) is 1.41. The van der Waals surface area contributed by atoms with Crippen molar-refractivity contribution >= 4 is 27.4 Å². The number of fused-ring (bicyclic) bond motifs is 1. The van der Waals surface area contributed by atoms with Crippen LogP contribution in [0.3, 0.4) is 0 Å². The Hall–Kier alpha value is -2.20. The van der Waals surface area contributed by atoms with E-state index in [1.165, 1.54) is 11.9 Å². The van der Waals surface area contributed by atoms with Gasteiger partial charge in [-0.3, -0.25) is 9.58 Å². The van der Waals surface area contributed by atoms with Gasteiger partial charge in [-0.2, -0.15) is 18.3 Å². The van der Waals surface area contributed by atoms with Gasteiger partial charge in [-0.25, -0.2) is 9.97 Å². The fourth-order valence-electron chi connectivity index (χ4n) is 4.58. The van der Waals surface area contributed by atoms with Gasteiger partial charge >= 0.3 is 6.18 Å². The number of halogens is 3. The minimum atomic E-state index is -4.21. The topological polar surface area (TPSA) is 50.1 Å². The smallest absolute Gasteiger partial charge is 0.355 e. The summed E-state index contributed by atoms with van der Waals surface area (Å²) in [5.41, 5.74) is 1.46. The van der Waals surface area contributed by atoms with Crippen LogP contribution in [0.1, 0.15) is 16.9 Å². The van der Waals surface area contributed by atoms with Crippen molar-refractivity contribution < 1.29 is 13.2 Å². The standard InChI is InChI=1S/C19H21F3N6S/c1-26-7-13(6-25-26)8-27-3-2-18(9-27)10-28(11-18)16-15-4-14(5-19(20,21)22)29-17(15)24-12-23-16/h4,6-7,12H,2-3,5,8-11H2,1H3. The van der Waals surface area contributed by atoms with Gasteiger partial charge in [0, 0.05) is 55.3 Å². The monoisotopic (exact) mass is 422 g/mol. The molecule has 29 heavy (non-hydrogen) atoms. The van der Waals surface area contributed by atoms with E-state index in [2.05, 4.69) is 24.9 Å². The third kappa shape index (κ3) is 3.71. The largest absolute Gasteiger partial charge is 0.393 e. The molecule has 154 valence electrons. The van der Waals surface area contributed by atoms with E-state index in [0.717, 1.165) is 61.7 Å². The Morgan fingerprint density at radius 1 is 1.21 bits per heavy atom. The highest BCUT2D eigenvalue weighted by atomic mass is 32.1. The Labute approximate surface area is 170 Å². The molecular formula is C19H21F3N6S. The Morgan fingerprint density at radius 3 is 2.76 bits per heavy atom. The summed E-state index contributed by atoms with van der Waals surface area (Å²) in [6.45, 7) is 4.74. The first-order valence-corrected chi connectivity index (χ1v) is 10.4. The van der Waals surface area contributed by atoms with Gasteiger partial charge in [0.25, 0.3) is 0 Å². The molecule has 6 nitrogen and oxygen atoms in total. The van der Waals surface area contributed by atoms with Crippen LogP contribution in [0, 0.1) is 5.41 Å². The van der Waals surface area contributed by atoms with Gasteiger partial charge in [0.2, 0.25) is 0 Å². The number of rotatable bonds is 4. The predicted molar refractivity (Wildman–Crippen MR) is 105 cm³/mol. The fraction of sp³-hybridized carbons (Fsp3) is 0.526. The molecule has 10 heteroatoms. The summed E-state index contributed by atoms with van der Waals surface area (Å²) in [4.78, 5) is 14.1. The zero-order chi connectivity index (χ0) is 20.2. The second kappa shape index (κ2) is 6.66. The average Bonchev–Trinajstić information content (AvgIpc) is 3.30. The zero-order valence-corrected chi connectivity index (χ0v) is 16.8. The summed E-state index contributed by atoms with van der Waals surface area (Å²) in [7, 11) is 1.92. The van der Waals surface area contributed by atoms with Crippen LogP contribution in [0.4, 0.5) is 19.0 Å². The second-order valence-corrected chi connectivity index (χ2v) is 9.37. The lowest BCUT2D eigenvalue weighted by atomic mass is 9.79. The van der Waals surface area contributed by atoms with Crippen molar-refractivity contribution in [2.24, 2.45) is 12.5 Å². The SMILES string of the molecule is Cn1cc(CN2CCC3(C2)CN(c2ncnc4sc(CC(F)(F)F)cc24)C3)cn1. The Bertz CT molecular complexity index is 1040. The van der Waals surface area contributed by atoms with E-state index in [4.69, 9.17) is 0 Å². The van der Waals surface area contributed by atoms with Crippen molar-refractivity contribution in [2.45, 2.75) is 25.6 Å². The third-order valence-corrected chi connectivity index (χ3v) is 6.81. The fourth-order valence-corrected chi connectivity index (χ4v) is 5.60. The maximum absolute atomic E-state index is 12.8. The first kappa shape index (κ1) is 18.8. The molecule has 0 unspecified atom stereocenters. The van der Waals surface area contributed by atoms with Crippen LogP contribution in [-0.2, 0) is 20.0 Å². The molecule has 0 atom stereocenters. The van der Waals surface area contributed by atoms with Crippen molar-refractivity contribution in [3.63, 3.8) is 0 Å². The number of aryl methyl sites for hydroxylation is 1. The minimum Gasteiger partial charge on any atom is -0.355 e. The van der Waals surface area contributed by atoms with E-state index in [1.54, 1.807) is 6.07 Å². The van der Waals surface area contributed by atoms with Gasteiger partial charge in [-0.05, 0) is 19.0 Å². The van der Waals surface area contributed by atoms with Crippen LogP contribution in [0.2, 0.25) is 0 Å². The van der Waals surface area contributed by atoms with Gasteiger partial charge in [0.05, 0.1) is 18.0 Å². The highest BCUT2D eigenvalue weighted by Crippen LogP contribution is 2.44. The number of hydrogen-bond acceptors (Lipinski definition) is 6. The lowest BCUT2D eigenvalue weighted by molar-refractivity contribution is -0.126. The lowest BCUT2D eigenvalue weighted by Gasteiger charge is -2.49. The molecule has 2 aliphatic heterocycles. The Kier molecular flexibility index (Phi) is 4.32.